The van der Waals surface area contributed by atoms with E-state index in [4.69, 9.17) is 0 Å². The Morgan fingerprint density at radius 2 is 0.316 bits per heavy atom. The molecule has 2 unspecified atom stereocenters. The molecule has 0 bridgehead atoms. The summed E-state index contributed by atoms with van der Waals surface area (Å²) in [7, 11) is 0.242. The van der Waals surface area contributed by atoms with Gasteiger partial charge >= 0.3 is 0 Å². The van der Waals surface area contributed by atoms with Crippen molar-refractivity contribution in [1.29, 1.82) is 0 Å². The van der Waals surface area contributed by atoms with Crippen LogP contribution in [0.1, 0.15) is 329 Å². The van der Waals surface area contributed by atoms with Crippen molar-refractivity contribution in [2.45, 2.75) is 378 Å². The van der Waals surface area contributed by atoms with Gasteiger partial charge in [-0.2, -0.15) is 0 Å². The van der Waals surface area contributed by atoms with Gasteiger partial charge in [-0.3, -0.25) is 0 Å². The van der Waals surface area contributed by atoms with Crippen LogP contribution in [0.4, 0.5) is 0 Å². The lowest BCUT2D eigenvalue weighted by molar-refractivity contribution is 0.531. The number of hydrogen-bond acceptors (Lipinski definition) is 2. The molecule has 0 spiro atoms. The quantitative estimate of drug-likeness (QED) is 0.0276. The molecule has 0 aliphatic heterocycles. The fourth-order valence-corrected chi connectivity index (χ4v) is 21.8. The van der Waals surface area contributed by atoms with Gasteiger partial charge in [0.1, 0.15) is 17.3 Å². The van der Waals surface area contributed by atoms with Crippen LogP contribution in [-0.2, 0) is 32.7 Å². The molecule has 0 fully saturated rings. The van der Waals surface area contributed by atoms with Crippen molar-refractivity contribution >= 4 is 56.2 Å². The van der Waals surface area contributed by atoms with Gasteiger partial charge in [0, 0.05) is 19.6 Å². The molecule has 0 nitrogen and oxygen atoms in total. The molecule has 6 aromatic carbocycles. The second kappa shape index (κ2) is 55.8. The number of unbranched alkanes of at least 4 members (excludes halogenated alkanes) is 45. The average molecular weight is 1380 g/mol. The van der Waals surface area contributed by atoms with Gasteiger partial charge in [0.25, 0.3) is 0 Å². The summed E-state index contributed by atoms with van der Waals surface area (Å²) in [6.45, 7) is 6.95. The summed E-state index contributed by atoms with van der Waals surface area (Å²) in [5.74, 6) is 3.73. The summed E-state index contributed by atoms with van der Waals surface area (Å²) >= 11 is 3.84. The SMILES string of the molecule is CCCCCCCCCCCCCCCCCC[S+](c1ccccc1)c1ccc(Sc2ccc([S+](CCCCCCCCCCCCCCCCCC)c3ccc(Sc4ccc([S+](CCCCCCCCCCCCCCCCCC)c5ccccc5)cc4)cc3)cc2)cc1. The number of hydrogen-bond donors (Lipinski definition) is 0. The highest BCUT2D eigenvalue weighted by molar-refractivity contribution is 8.00. The van der Waals surface area contributed by atoms with E-state index in [9.17, 15) is 0 Å². The molecule has 5 heteroatoms. The van der Waals surface area contributed by atoms with E-state index in [0.717, 1.165) is 0 Å². The third kappa shape index (κ3) is 37.4. The van der Waals surface area contributed by atoms with Crippen molar-refractivity contribution in [3.05, 3.63) is 158 Å². The van der Waals surface area contributed by atoms with Crippen molar-refractivity contribution in [3.63, 3.8) is 0 Å². The summed E-state index contributed by atoms with van der Waals surface area (Å²) in [6.07, 6.45) is 67.9. The van der Waals surface area contributed by atoms with Gasteiger partial charge in [-0.25, -0.2) is 0 Å². The van der Waals surface area contributed by atoms with Crippen LogP contribution in [-0.4, -0.2) is 17.3 Å². The minimum absolute atomic E-state index is 0.0320. The first-order valence-corrected chi connectivity index (χ1v) is 45.9. The zero-order chi connectivity index (χ0) is 66.4. The number of benzene rings is 6. The van der Waals surface area contributed by atoms with E-state index in [1.165, 1.54) is 374 Å². The van der Waals surface area contributed by atoms with E-state index < -0.39 is 0 Å². The first-order valence-electron chi connectivity index (χ1n) is 40.1. The molecular formula is C90H137S5+3. The minimum atomic E-state index is 0.0320. The lowest BCUT2D eigenvalue weighted by Gasteiger charge is -2.11. The van der Waals surface area contributed by atoms with E-state index >= 15 is 0 Å². The van der Waals surface area contributed by atoms with E-state index in [2.05, 4.69) is 178 Å². The third-order valence-corrected chi connectivity index (χ3v) is 28.7. The van der Waals surface area contributed by atoms with Crippen LogP contribution in [0, 0.1) is 0 Å². The van der Waals surface area contributed by atoms with Gasteiger partial charge in [0.15, 0.2) is 29.4 Å². The van der Waals surface area contributed by atoms with E-state index in [1.807, 2.05) is 23.5 Å². The molecule has 0 saturated heterocycles. The maximum atomic E-state index is 2.46. The van der Waals surface area contributed by atoms with Crippen LogP contribution >= 0.6 is 23.5 Å². The van der Waals surface area contributed by atoms with Crippen LogP contribution in [0.3, 0.4) is 0 Å². The van der Waals surface area contributed by atoms with Crippen molar-refractivity contribution in [2.75, 3.05) is 17.3 Å². The summed E-state index contributed by atoms with van der Waals surface area (Å²) < 4.78 is 0. The first-order chi connectivity index (χ1) is 47.1. The molecule has 2 atom stereocenters. The Bertz CT molecular complexity index is 2480. The fraction of sp³-hybridized carbons (Fsp3) is 0.600. The molecule has 95 heavy (non-hydrogen) atoms. The van der Waals surface area contributed by atoms with Crippen LogP contribution < -0.4 is 0 Å². The van der Waals surface area contributed by atoms with Crippen LogP contribution in [0.2, 0.25) is 0 Å². The Hall–Kier alpha value is -2.93. The molecule has 0 radical (unpaired) electrons. The maximum Gasteiger partial charge on any atom is 0.160 e. The molecule has 0 N–H and O–H groups in total. The molecule has 524 valence electrons. The monoisotopic (exact) mass is 1380 g/mol. The lowest BCUT2D eigenvalue weighted by atomic mass is 10.0. The third-order valence-electron chi connectivity index (χ3n) is 19.6. The molecule has 6 rings (SSSR count). The maximum absolute atomic E-state index is 2.46. The molecule has 0 heterocycles. The summed E-state index contributed by atoms with van der Waals surface area (Å²) in [5, 5.41) is 0. The van der Waals surface area contributed by atoms with Crippen molar-refractivity contribution in [1.82, 2.24) is 0 Å². The average Bonchev–Trinajstić information content (AvgIpc) is 1.07. The van der Waals surface area contributed by atoms with Gasteiger partial charge < -0.3 is 0 Å². The zero-order valence-corrected chi connectivity index (χ0v) is 65.2. The Kier molecular flexibility index (Phi) is 47.6. The molecule has 6 aromatic rings. The Labute approximate surface area is 604 Å². The number of rotatable bonds is 61. The summed E-state index contributed by atoms with van der Waals surface area (Å²) in [5.41, 5.74) is 0. The lowest BCUT2D eigenvalue weighted by Crippen LogP contribution is -2.09. The van der Waals surface area contributed by atoms with Gasteiger partial charge in [0.2, 0.25) is 0 Å². The predicted molar refractivity (Wildman–Crippen MR) is 432 cm³/mol. The molecular weight excluding hydrogens is 1240 g/mol. The van der Waals surface area contributed by atoms with Gasteiger partial charge in [-0.1, -0.05) is 350 Å². The van der Waals surface area contributed by atoms with Crippen molar-refractivity contribution in [3.8, 4) is 0 Å². The minimum Gasteiger partial charge on any atom is -0.0901 e. The van der Waals surface area contributed by atoms with Gasteiger partial charge in [-0.05, 0) is 160 Å². The molecule has 0 saturated carbocycles. The van der Waals surface area contributed by atoms with Crippen molar-refractivity contribution in [2.24, 2.45) is 0 Å². The van der Waals surface area contributed by atoms with Crippen LogP contribution in [0.5, 0.6) is 0 Å². The molecule has 0 aliphatic rings. The highest BCUT2D eigenvalue weighted by Gasteiger charge is 2.28. The van der Waals surface area contributed by atoms with Gasteiger partial charge in [-0.15, -0.1) is 0 Å². The summed E-state index contributed by atoms with van der Waals surface area (Å²) in [4.78, 5) is 14.2. The van der Waals surface area contributed by atoms with E-state index in [-0.39, 0.29) is 32.7 Å². The van der Waals surface area contributed by atoms with Gasteiger partial charge in [0.05, 0.1) is 32.7 Å². The predicted octanol–water partition coefficient (Wildman–Crippen LogP) is 30.9. The Morgan fingerprint density at radius 3 is 0.484 bits per heavy atom. The normalized spacial score (nSPS) is 12.6. The van der Waals surface area contributed by atoms with E-state index in [1.54, 1.807) is 0 Å². The molecule has 0 aliphatic carbocycles. The Morgan fingerprint density at radius 1 is 0.168 bits per heavy atom. The van der Waals surface area contributed by atoms with Crippen LogP contribution in [0.15, 0.2) is 207 Å². The largest absolute Gasteiger partial charge is 0.160 e. The zero-order valence-electron chi connectivity index (χ0n) is 61.1. The Balaban J connectivity index is 0.979. The topological polar surface area (TPSA) is 0 Å². The first kappa shape index (κ1) is 81.0. The highest BCUT2D eigenvalue weighted by Crippen LogP contribution is 2.36. The standard InChI is InChI=1S/C90H137S5/c1-4-7-10-13-16-19-22-25-28-31-34-37-40-43-46-55-78-93(85-58-51-49-52-59-85)87-70-62-81(63-71-87)91-83-66-74-89(75-67-83)95(80-57-48-45-42-39-36-33-30-27-24-21-18-15-12-9-6-3)90-76-68-84(69-77-90)92-82-64-72-88(73-65-82)94(86-60-53-50-54-61-86)79-56-47-44-41-38-35-32-29-26-23-20-17-14-11-8-5-2/h49-54,58-77H,4-48,55-57,78-80H2,1-3H3/q+3. The highest BCUT2D eigenvalue weighted by atomic mass is 32.2. The molecule has 0 amide bonds. The van der Waals surface area contributed by atoms with E-state index in [0.29, 0.717) is 0 Å². The fourth-order valence-electron chi connectivity index (χ4n) is 13.6. The second-order valence-electron chi connectivity index (χ2n) is 27.9. The summed E-state index contributed by atoms with van der Waals surface area (Å²) in [6, 6.07) is 61.6. The molecule has 0 aromatic heterocycles. The van der Waals surface area contributed by atoms with Crippen molar-refractivity contribution < 1.29 is 0 Å². The van der Waals surface area contributed by atoms with Crippen LogP contribution in [0.25, 0.3) is 0 Å². The smallest absolute Gasteiger partial charge is 0.0901 e. The second-order valence-corrected chi connectivity index (χ2v) is 36.6.